The van der Waals surface area contributed by atoms with Gasteiger partial charge in [-0.1, -0.05) is 18.2 Å². The van der Waals surface area contributed by atoms with Gasteiger partial charge in [0.15, 0.2) is 0 Å². The average Bonchev–Trinajstić information content (AvgIpc) is 2.82. The first kappa shape index (κ1) is 11.2. The van der Waals surface area contributed by atoms with E-state index in [-0.39, 0.29) is 18.1 Å². The molecular formula is C12H13N3O2. The monoisotopic (exact) mass is 231 g/mol. The first-order valence-corrected chi connectivity index (χ1v) is 5.27. The molecule has 0 spiro atoms. The van der Waals surface area contributed by atoms with Crippen LogP contribution in [0.4, 0.5) is 0 Å². The third kappa shape index (κ3) is 3.07. The van der Waals surface area contributed by atoms with Gasteiger partial charge in [0.2, 0.25) is 5.91 Å². The highest BCUT2D eigenvalue weighted by molar-refractivity contribution is 5.79. The third-order valence-electron chi connectivity index (χ3n) is 2.39. The number of para-hydroxylation sites is 1. The Bertz CT molecular complexity index is 494. The number of aromatic hydroxyl groups is 1. The van der Waals surface area contributed by atoms with E-state index in [0.29, 0.717) is 12.1 Å². The van der Waals surface area contributed by atoms with E-state index in [1.54, 1.807) is 36.7 Å². The number of aromatic nitrogens is 2. The lowest BCUT2D eigenvalue weighted by atomic mass is 10.1. The molecule has 0 bridgehead atoms. The smallest absolute Gasteiger partial charge is 0.224 e. The Morgan fingerprint density at radius 2 is 2.24 bits per heavy atom. The maximum Gasteiger partial charge on any atom is 0.224 e. The van der Waals surface area contributed by atoms with Crippen molar-refractivity contribution in [2.24, 2.45) is 0 Å². The number of hydrogen-bond donors (Lipinski definition) is 3. The quantitative estimate of drug-likeness (QED) is 0.733. The summed E-state index contributed by atoms with van der Waals surface area (Å²) in [6.07, 6.45) is 3.55. The SMILES string of the molecule is O=C(Cc1ccccc1O)NCc1cn[nH]c1. The molecule has 0 atom stereocenters. The molecule has 0 saturated carbocycles. The number of phenolic OH excluding ortho intramolecular Hbond substituents is 1. The van der Waals surface area contributed by atoms with Crippen molar-refractivity contribution in [2.75, 3.05) is 0 Å². The van der Waals surface area contributed by atoms with E-state index in [4.69, 9.17) is 0 Å². The molecule has 0 aliphatic rings. The lowest BCUT2D eigenvalue weighted by Crippen LogP contribution is -2.24. The maximum atomic E-state index is 11.6. The molecule has 5 heteroatoms. The summed E-state index contributed by atoms with van der Waals surface area (Å²) in [5.41, 5.74) is 1.54. The minimum absolute atomic E-state index is 0.132. The molecule has 5 nitrogen and oxygen atoms in total. The highest BCUT2D eigenvalue weighted by Gasteiger charge is 2.06. The molecule has 1 amide bonds. The fraction of sp³-hybridized carbons (Fsp3) is 0.167. The van der Waals surface area contributed by atoms with Crippen LogP contribution in [0.2, 0.25) is 0 Å². The normalized spacial score (nSPS) is 10.1. The lowest BCUT2D eigenvalue weighted by Gasteiger charge is -2.05. The highest BCUT2D eigenvalue weighted by atomic mass is 16.3. The molecule has 0 aliphatic heterocycles. The molecule has 0 aliphatic carbocycles. The Morgan fingerprint density at radius 1 is 1.41 bits per heavy atom. The molecule has 17 heavy (non-hydrogen) atoms. The number of rotatable bonds is 4. The van der Waals surface area contributed by atoms with E-state index >= 15 is 0 Å². The van der Waals surface area contributed by atoms with Gasteiger partial charge in [0, 0.05) is 23.9 Å². The van der Waals surface area contributed by atoms with E-state index in [0.717, 1.165) is 5.56 Å². The fourth-order valence-electron chi connectivity index (χ4n) is 1.47. The van der Waals surface area contributed by atoms with Gasteiger partial charge in [-0.3, -0.25) is 9.89 Å². The average molecular weight is 231 g/mol. The van der Waals surface area contributed by atoms with Crippen LogP contribution in [0.1, 0.15) is 11.1 Å². The predicted octanol–water partition coefficient (Wildman–Crippen LogP) is 0.974. The van der Waals surface area contributed by atoms with Gasteiger partial charge in [0.25, 0.3) is 0 Å². The van der Waals surface area contributed by atoms with Gasteiger partial charge in [-0.25, -0.2) is 0 Å². The summed E-state index contributed by atoms with van der Waals surface area (Å²) in [6.45, 7) is 0.433. The van der Waals surface area contributed by atoms with Crippen molar-refractivity contribution in [2.45, 2.75) is 13.0 Å². The van der Waals surface area contributed by atoms with Crippen LogP contribution in [0.25, 0.3) is 0 Å². The minimum Gasteiger partial charge on any atom is -0.508 e. The van der Waals surface area contributed by atoms with E-state index in [1.165, 1.54) is 0 Å². The fourth-order valence-corrected chi connectivity index (χ4v) is 1.47. The Morgan fingerprint density at radius 3 is 2.94 bits per heavy atom. The van der Waals surface area contributed by atoms with Gasteiger partial charge in [0.1, 0.15) is 5.75 Å². The highest BCUT2D eigenvalue weighted by Crippen LogP contribution is 2.15. The first-order valence-electron chi connectivity index (χ1n) is 5.27. The van der Waals surface area contributed by atoms with E-state index in [9.17, 15) is 9.90 Å². The van der Waals surface area contributed by atoms with Gasteiger partial charge in [-0.05, 0) is 6.07 Å². The van der Waals surface area contributed by atoms with Crippen molar-refractivity contribution >= 4 is 5.91 Å². The molecule has 0 saturated heterocycles. The predicted molar refractivity (Wildman–Crippen MR) is 62.2 cm³/mol. The second kappa shape index (κ2) is 5.16. The summed E-state index contributed by atoms with van der Waals surface area (Å²) < 4.78 is 0. The molecule has 88 valence electrons. The Kier molecular flexibility index (Phi) is 3.40. The molecule has 3 N–H and O–H groups in total. The van der Waals surface area contributed by atoms with E-state index in [2.05, 4.69) is 15.5 Å². The maximum absolute atomic E-state index is 11.6. The van der Waals surface area contributed by atoms with Crippen molar-refractivity contribution in [3.05, 3.63) is 47.8 Å². The summed E-state index contributed by atoms with van der Waals surface area (Å²) in [7, 11) is 0. The minimum atomic E-state index is -0.132. The van der Waals surface area contributed by atoms with Gasteiger partial charge in [0.05, 0.1) is 12.6 Å². The Labute approximate surface area is 98.5 Å². The molecule has 1 aromatic carbocycles. The van der Waals surface area contributed by atoms with E-state index in [1.807, 2.05) is 0 Å². The second-order valence-corrected chi connectivity index (χ2v) is 3.69. The van der Waals surface area contributed by atoms with Crippen LogP contribution in [-0.4, -0.2) is 21.2 Å². The van der Waals surface area contributed by atoms with Gasteiger partial charge in [-0.15, -0.1) is 0 Å². The van der Waals surface area contributed by atoms with Crippen molar-refractivity contribution in [3.63, 3.8) is 0 Å². The number of hydrogen-bond acceptors (Lipinski definition) is 3. The lowest BCUT2D eigenvalue weighted by molar-refractivity contribution is -0.120. The van der Waals surface area contributed by atoms with Crippen molar-refractivity contribution < 1.29 is 9.90 Å². The number of aromatic amines is 1. The topological polar surface area (TPSA) is 78.0 Å². The largest absolute Gasteiger partial charge is 0.508 e. The number of benzene rings is 1. The van der Waals surface area contributed by atoms with Gasteiger partial charge >= 0.3 is 0 Å². The summed E-state index contributed by atoms with van der Waals surface area (Å²) in [6, 6.07) is 6.81. The molecule has 2 rings (SSSR count). The van der Waals surface area contributed by atoms with Crippen LogP contribution in [0.15, 0.2) is 36.7 Å². The number of phenols is 1. The van der Waals surface area contributed by atoms with E-state index < -0.39 is 0 Å². The van der Waals surface area contributed by atoms with Crippen LogP contribution in [0, 0.1) is 0 Å². The second-order valence-electron chi connectivity index (χ2n) is 3.69. The molecule has 1 aromatic heterocycles. The number of carbonyl (C=O) groups excluding carboxylic acids is 1. The molecule has 0 fully saturated rings. The summed E-state index contributed by atoms with van der Waals surface area (Å²) in [4.78, 5) is 11.6. The summed E-state index contributed by atoms with van der Waals surface area (Å²) in [5.74, 6) is 0.0126. The number of nitrogens with one attached hydrogen (secondary N) is 2. The molecule has 0 radical (unpaired) electrons. The Hall–Kier alpha value is -2.30. The zero-order valence-electron chi connectivity index (χ0n) is 9.18. The third-order valence-corrected chi connectivity index (χ3v) is 2.39. The zero-order valence-corrected chi connectivity index (χ0v) is 9.18. The van der Waals surface area contributed by atoms with Crippen molar-refractivity contribution in [1.29, 1.82) is 0 Å². The van der Waals surface area contributed by atoms with Crippen LogP contribution in [0.5, 0.6) is 5.75 Å². The first-order chi connectivity index (χ1) is 8.25. The number of nitrogens with zero attached hydrogens (tertiary/aromatic N) is 1. The number of carbonyl (C=O) groups is 1. The standard InChI is InChI=1S/C12H13N3O2/c16-11-4-2-1-3-10(11)5-12(17)13-6-9-7-14-15-8-9/h1-4,7-8,16H,5-6H2,(H,13,17)(H,14,15). The summed E-state index contributed by atoms with van der Waals surface area (Å²) >= 11 is 0. The van der Waals surface area contributed by atoms with Crippen LogP contribution in [0.3, 0.4) is 0 Å². The molecule has 0 unspecified atom stereocenters. The summed E-state index contributed by atoms with van der Waals surface area (Å²) in [5, 5.41) is 18.7. The van der Waals surface area contributed by atoms with Gasteiger partial charge < -0.3 is 10.4 Å². The molecule has 2 aromatic rings. The molecule has 1 heterocycles. The van der Waals surface area contributed by atoms with Crippen LogP contribution in [-0.2, 0) is 17.8 Å². The zero-order chi connectivity index (χ0) is 12.1. The van der Waals surface area contributed by atoms with Gasteiger partial charge in [-0.2, -0.15) is 5.10 Å². The Balaban J connectivity index is 1.87. The van der Waals surface area contributed by atoms with Crippen LogP contribution >= 0.6 is 0 Å². The number of H-pyrrole nitrogens is 1. The molecular weight excluding hydrogens is 218 g/mol. The van der Waals surface area contributed by atoms with Crippen LogP contribution < -0.4 is 5.32 Å². The van der Waals surface area contributed by atoms with Crippen molar-refractivity contribution in [1.82, 2.24) is 15.5 Å². The van der Waals surface area contributed by atoms with Crippen molar-refractivity contribution in [3.8, 4) is 5.75 Å². The number of amides is 1.